The highest BCUT2D eigenvalue weighted by Gasteiger charge is 2.49. The normalized spacial score (nSPS) is 23.0. The second-order valence-electron chi connectivity index (χ2n) is 6.27. The Kier molecular flexibility index (Phi) is 3.37. The van der Waals surface area contributed by atoms with Crippen LogP contribution in [0.3, 0.4) is 0 Å². The van der Waals surface area contributed by atoms with Gasteiger partial charge < -0.3 is 9.80 Å². The number of fused-ring (bicyclic) bond motifs is 1. The predicted molar refractivity (Wildman–Crippen MR) is 84.9 cm³/mol. The van der Waals surface area contributed by atoms with E-state index in [2.05, 4.69) is 5.10 Å². The first-order valence-electron chi connectivity index (χ1n) is 7.92. The number of hydrogen-bond donors (Lipinski definition) is 0. The van der Waals surface area contributed by atoms with E-state index in [1.54, 1.807) is 27.7 Å². The zero-order valence-electron chi connectivity index (χ0n) is 13.2. The molecule has 0 radical (unpaired) electrons. The average Bonchev–Trinajstić information content (AvgIpc) is 3.22. The van der Waals surface area contributed by atoms with E-state index in [1.165, 1.54) is 24.3 Å². The van der Waals surface area contributed by atoms with Crippen LogP contribution in [0.2, 0.25) is 0 Å². The number of benzene rings is 1. The molecule has 0 saturated carbocycles. The van der Waals surface area contributed by atoms with Crippen LogP contribution < -0.4 is 4.90 Å². The van der Waals surface area contributed by atoms with Gasteiger partial charge in [-0.25, -0.2) is 4.39 Å². The molecule has 0 unspecified atom stereocenters. The van der Waals surface area contributed by atoms with Crippen molar-refractivity contribution >= 4 is 17.5 Å². The Labute approximate surface area is 138 Å². The van der Waals surface area contributed by atoms with Gasteiger partial charge in [0.2, 0.25) is 5.91 Å². The number of rotatable bonds is 2. The van der Waals surface area contributed by atoms with Crippen molar-refractivity contribution in [3.63, 3.8) is 0 Å². The molecule has 2 aliphatic rings. The van der Waals surface area contributed by atoms with Gasteiger partial charge in [-0.15, -0.1) is 0 Å². The summed E-state index contributed by atoms with van der Waals surface area (Å²) in [6.07, 6.45) is 4.53. The minimum Gasteiger partial charge on any atom is -0.333 e. The van der Waals surface area contributed by atoms with Gasteiger partial charge in [0, 0.05) is 31.8 Å². The lowest BCUT2D eigenvalue weighted by atomic mass is 10.1. The number of likely N-dealkylation sites (tertiary alicyclic amines) is 1. The molecule has 2 aliphatic heterocycles. The molecule has 0 bridgehead atoms. The molecule has 0 aliphatic carbocycles. The van der Waals surface area contributed by atoms with Crippen LogP contribution in [-0.4, -0.2) is 45.1 Å². The lowest BCUT2D eigenvalue weighted by Crippen LogP contribution is -2.39. The summed E-state index contributed by atoms with van der Waals surface area (Å²) in [5, 5.41) is 4.13. The van der Waals surface area contributed by atoms with Gasteiger partial charge in [0.1, 0.15) is 5.82 Å². The third kappa shape index (κ3) is 2.28. The van der Waals surface area contributed by atoms with Gasteiger partial charge in [0.05, 0.1) is 24.0 Å². The number of amides is 2. The highest BCUT2D eigenvalue weighted by molar-refractivity contribution is 6.00. The number of anilines is 1. The Bertz CT molecular complexity index is 801. The lowest BCUT2D eigenvalue weighted by Gasteiger charge is -2.24. The van der Waals surface area contributed by atoms with Crippen LogP contribution in [0.1, 0.15) is 23.2 Å². The van der Waals surface area contributed by atoms with Gasteiger partial charge in [0.25, 0.3) is 5.91 Å². The second-order valence-corrected chi connectivity index (χ2v) is 6.27. The molecule has 2 amide bonds. The van der Waals surface area contributed by atoms with E-state index in [0.717, 1.165) is 12.1 Å². The molecular formula is C17H17FN4O2. The third-order valence-electron chi connectivity index (χ3n) is 4.82. The Morgan fingerprint density at radius 3 is 2.67 bits per heavy atom. The van der Waals surface area contributed by atoms with E-state index < -0.39 is 0 Å². The second kappa shape index (κ2) is 5.43. The summed E-state index contributed by atoms with van der Waals surface area (Å²) in [7, 11) is 1.81. The number of hydrogen-bond acceptors (Lipinski definition) is 3. The number of aryl methyl sites for hydroxylation is 1. The quantitative estimate of drug-likeness (QED) is 0.841. The van der Waals surface area contributed by atoms with Crippen molar-refractivity contribution in [3.8, 4) is 0 Å². The Balaban J connectivity index is 1.58. The summed E-state index contributed by atoms with van der Waals surface area (Å²) < 4.78 is 14.7. The van der Waals surface area contributed by atoms with Crippen molar-refractivity contribution in [1.29, 1.82) is 0 Å². The Morgan fingerprint density at radius 1 is 1.25 bits per heavy atom. The molecule has 2 aromatic rings. The molecule has 0 spiro atoms. The molecular weight excluding hydrogens is 311 g/mol. The first-order valence-corrected chi connectivity index (χ1v) is 7.92. The van der Waals surface area contributed by atoms with Gasteiger partial charge >= 0.3 is 0 Å². The molecule has 1 aromatic carbocycles. The van der Waals surface area contributed by atoms with Crippen LogP contribution in [0.25, 0.3) is 0 Å². The largest absolute Gasteiger partial charge is 0.333 e. The molecule has 7 heteroatoms. The van der Waals surface area contributed by atoms with E-state index in [4.69, 9.17) is 0 Å². The first-order chi connectivity index (χ1) is 11.5. The molecule has 2 fully saturated rings. The van der Waals surface area contributed by atoms with Gasteiger partial charge in [-0.1, -0.05) is 0 Å². The summed E-state index contributed by atoms with van der Waals surface area (Å²) >= 11 is 0. The highest BCUT2D eigenvalue weighted by atomic mass is 19.1. The maximum Gasteiger partial charge on any atom is 0.254 e. The fourth-order valence-electron chi connectivity index (χ4n) is 3.73. The average molecular weight is 328 g/mol. The standard InChI is InChI=1S/C17H17FN4O2/c1-20-10-13(9-19-20)22-14-6-7-21(15(14)8-16(22)23)17(24)11-2-4-12(18)5-3-11/h2-5,9-10,14-15H,6-8H2,1H3/t14-,15+/m1/s1. The number of nitrogens with zero attached hydrogens (tertiary/aromatic N) is 4. The molecule has 124 valence electrons. The maximum atomic E-state index is 13.1. The third-order valence-corrected chi connectivity index (χ3v) is 4.82. The van der Waals surface area contributed by atoms with Gasteiger partial charge in [-0.05, 0) is 30.7 Å². The fraction of sp³-hybridized carbons (Fsp3) is 0.353. The monoisotopic (exact) mass is 328 g/mol. The SMILES string of the molecule is Cn1cc(N2C(=O)C[C@H]3[C@H]2CCN3C(=O)c2ccc(F)cc2)cn1. The Morgan fingerprint density at radius 2 is 2.00 bits per heavy atom. The van der Waals surface area contributed by atoms with E-state index in [9.17, 15) is 14.0 Å². The zero-order valence-corrected chi connectivity index (χ0v) is 13.2. The van der Waals surface area contributed by atoms with Gasteiger partial charge in [-0.2, -0.15) is 5.10 Å². The Hall–Kier alpha value is -2.70. The van der Waals surface area contributed by atoms with E-state index >= 15 is 0 Å². The minimum atomic E-state index is -0.371. The topological polar surface area (TPSA) is 58.4 Å². The van der Waals surface area contributed by atoms with Crippen molar-refractivity contribution in [2.24, 2.45) is 7.05 Å². The van der Waals surface area contributed by atoms with Crippen LogP contribution in [0.15, 0.2) is 36.7 Å². The highest BCUT2D eigenvalue weighted by Crippen LogP contribution is 2.36. The van der Waals surface area contributed by atoms with Crippen LogP contribution in [0.5, 0.6) is 0 Å². The van der Waals surface area contributed by atoms with Crippen molar-refractivity contribution in [2.75, 3.05) is 11.4 Å². The molecule has 0 N–H and O–H groups in total. The molecule has 2 saturated heterocycles. The van der Waals surface area contributed by atoms with E-state index in [-0.39, 0.29) is 29.7 Å². The summed E-state index contributed by atoms with van der Waals surface area (Å²) in [6, 6.07) is 5.37. The molecule has 2 atom stereocenters. The number of carbonyl (C=O) groups excluding carboxylic acids is 2. The molecule has 4 rings (SSSR count). The van der Waals surface area contributed by atoms with Crippen molar-refractivity contribution in [2.45, 2.75) is 24.9 Å². The van der Waals surface area contributed by atoms with Gasteiger partial charge in [-0.3, -0.25) is 14.3 Å². The molecule has 6 nitrogen and oxygen atoms in total. The predicted octanol–water partition coefficient (Wildman–Crippen LogP) is 1.58. The minimum absolute atomic E-state index is 0.00889. The van der Waals surface area contributed by atoms with Crippen LogP contribution in [-0.2, 0) is 11.8 Å². The molecule has 3 heterocycles. The zero-order chi connectivity index (χ0) is 16.8. The van der Waals surface area contributed by atoms with Crippen LogP contribution >= 0.6 is 0 Å². The number of aromatic nitrogens is 2. The number of carbonyl (C=O) groups is 2. The van der Waals surface area contributed by atoms with Crippen molar-refractivity contribution in [3.05, 3.63) is 48.0 Å². The maximum absolute atomic E-state index is 13.1. The summed E-state index contributed by atoms with van der Waals surface area (Å²) in [6.45, 7) is 0.593. The first kappa shape index (κ1) is 14.9. The number of halogens is 1. The summed E-state index contributed by atoms with van der Waals surface area (Å²) in [4.78, 5) is 28.7. The van der Waals surface area contributed by atoms with Crippen molar-refractivity contribution < 1.29 is 14.0 Å². The molecule has 1 aromatic heterocycles. The summed E-state index contributed by atoms with van der Waals surface area (Å²) in [5.41, 5.74) is 1.22. The smallest absolute Gasteiger partial charge is 0.254 e. The van der Waals surface area contributed by atoms with Gasteiger partial charge in [0.15, 0.2) is 0 Å². The van der Waals surface area contributed by atoms with Crippen molar-refractivity contribution in [1.82, 2.24) is 14.7 Å². The lowest BCUT2D eigenvalue weighted by molar-refractivity contribution is -0.117. The van der Waals surface area contributed by atoms with E-state index in [1.807, 2.05) is 6.20 Å². The van der Waals surface area contributed by atoms with Crippen LogP contribution in [0.4, 0.5) is 10.1 Å². The summed E-state index contributed by atoms with van der Waals surface area (Å²) in [5.74, 6) is -0.511. The molecule has 24 heavy (non-hydrogen) atoms. The fourth-order valence-corrected chi connectivity index (χ4v) is 3.73. The van der Waals surface area contributed by atoms with Crippen LogP contribution in [0, 0.1) is 5.82 Å². The van der Waals surface area contributed by atoms with E-state index in [0.29, 0.717) is 18.5 Å².